The number of aromatic nitrogens is 4. The summed E-state index contributed by atoms with van der Waals surface area (Å²) in [7, 11) is 0. The van der Waals surface area contributed by atoms with Crippen LogP contribution in [0.25, 0.3) is 22.4 Å². The van der Waals surface area contributed by atoms with Crippen molar-refractivity contribution in [1.82, 2.24) is 24.2 Å². The van der Waals surface area contributed by atoms with E-state index in [2.05, 4.69) is 20.3 Å². The monoisotopic (exact) mass is 518 g/mol. The topological polar surface area (TPSA) is 105 Å². The lowest BCUT2D eigenvalue weighted by Gasteiger charge is -2.15. The standard InChI is InChI=1S/C22H19F3N6O2S.C2H6/c1-13(20(32)28-12-22(23,24)25)29-16-9-11-26-18(30-16)17-15-8-5-10-27-19(15)31(21(17)33)34-14-6-3-2-4-7-14;1-2/h2-11,13,33H,12H2,1H3,(H,28,32)(H,26,29,30);1-2H3. The van der Waals surface area contributed by atoms with E-state index >= 15 is 0 Å². The molecule has 0 bridgehead atoms. The van der Waals surface area contributed by atoms with Gasteiger partial charge in [-0.3, -0.25) is 4.79 Å². The van der Waals surface area contributed by atoms with Crippen LogP contribution in [0.3, 0.4) is 0 Å². The van der Waals surface area contributed by atoms with Crippen LogP contribution in [-0.4, -0.2) is 48.7 Å². The first-order chi connectivity index (χ1) is 17.2. The van der Waals surface area contributed by atoms with Crippen molar-refractivity contribution < 1.29 is 23.1 Å². The number of fused-ring (bicyclic) bond motifs is 1. The van der Waals surface area contributed by atoms with Crippen molar-refractivity contribution in [3.05, 3.63) is 60.9 Å². The molecule has 0 aliphatic rings. The average Bonchev–Trinajstić information content (AvgIpc) is 3.15. The summed E-state index contributed by atoms with van der Waals surface area (Å²) in [4.78, 5) is 25.9. The van der Waals surface area contributed by atoms with E-state index in [9.17, 15) is 23.1 Å². The van der Waals surface area contributed by atoms with Crippen LogP contribution in [0.5, 0.6) is 5.88 Å². The van der Waals surface area contributed by atoms with Crippen molar-refractivity contribution in [3.63, 3.8) is 0 Å². The lowest BCUT2D eigenvalue weighted by Crippen LogP contribution is -2.42. The fourth-order valence-corrected chi connectivity index (χ4v) is 4.06. The molecular weight excluding hydrogens is 493 g/mol. The molecule has 0 saturated heterocycles. The maximum absolute atomic E-state index is 12.4. The molecule has 3 aromatic heterocycles. The molecular formula is C24H25F3N6O2S. The molecule has 0 aliphatic heterocycles. The number of halogens is 3. The van der Waals surface area contributed by atoms with Gasteiger partial charge < -0.3 is 15.7 Å². The number of nitrogens with one attached hydrogen (secondary N) is 2. The maximum atomic E-state index is 12.4. The van der Waals surface area contributed by atoms with E-state index in [4.69, 9.17) is 0 Å². The van der Waals surface area contributed by atoms with Gasteiger partial charge in [-0.2, -0.15) is 13.2 Å². The van der Waals surface area contributed by atoms with Crippen LogP contribution in [0.15, 0.2) is 65.8 Å². The summed E-state index contributed by atoms with van der Waals surface area (Å²) in [6.07, 6.45) is -1.48. The number of hydrogen-bond acceptors (Lipinski definition) is 7. The highest BCUT2D eigenvalue weighted by molar-refractivity contribution is 7.98. The van der Waals surface area contributed by atoms with Gasteiger partial charge in [0.15, 0.2) is 11.5 Å². The summed E-state index contributed by atoms with van der Waals surface area (Å²) in [5.41, 5.74) is 0.843. The Morgan fingerprint density at radius 2 is 1.81 bits per heavy atom. The summed E-state index contributed by atoms with van der Waals surface area (Å²) in [5.74, 6) is -0.577. The van der Waals surface area contributed by atoms with Gasteiger partial charge in [0.05, 0.1) is 5.56 Å². The number of benzene rings is 1. The van der Waals surface area contributed by atoms with Crippen LogP contribution < -0.4 is 10.6 Å². The van der Waals surface area contributed by atoms with E-state index in [0.717, 1.165) is 4.90 Å². The molecule has 8 nitrogen and oxygen atoms in total. The van der Waals surface area contributed by atoms with Crippen LogP contribution >= 0.6 is 11.9 Å². The minimum absolute atomic E-state index is 0.115. The highest BCUT2D eigenvalue weighted by Gasteiger charge is 2.29. The second-order valence-electron chi connectivity index (χ2n) is 7.24. The fourth-order valence-electron chi connectivity index (χ4n) is 3.16. The van der Waals surface area contributed by atoms with E-state index in [1.54, 1.807) is 22.3 Å². The van der Waals surface area contributed by atoms with Crippen molar-refractivity contribution in [2.75, 3.05) is 11.9 Å². The normalized spacial score (nSPS) is 11.9. The number of carbonyl (C=O) groups is 1. The zero-order valence-electron chi connectivity index (χ0n) is 19.7. The van der Waals surface area contributed by atoms with Crippen molar-refractivity contribution in [3.8, 4) is 17.3 Å². The number of hydrogen-bond donors (Lipinski definition) is 3. The van der Waals surface area contributed by atoms with Gasteiger partial charge in [0.25, 0.3) is 0 Å². The molecule has 0 saturated carbocycles. The van der Waals surface area contributed by atoms with E-state index < -0.39 is 24.7 Å². The predicted molar refractivity (Wildman–Crippen MR) is 134 cm³/mol. The zero-order valence-corrected chi connectivity index (χ0v) is 20.6. The second-order valence-corrected chi connectivity index (χ2v) is 8.26. The number of nitrogens with zero attached hydrogens (tertiary/aromatic N) is 4. The number of rotatable bonds is 7. The molecule has 36 heavy (non-hydrogen) atoms. The van der Waals surface area contributed by atoms with E-state index in [1.165, 1.54) is 31.1 Å². The first kappa shape index (κ1) is 26.8. The third kappa shape index (κ3) is 6.45. The van der Waals surface area contributed by atoms with Gasteiger partial charge in [-0.25, -0.2) is 18.9 Å². The van der Waals surface area contributed by atoms with E-state index in [1.807, 2.05) is 49.5 Å². The first-order valence-corrected chi connectivity index (χ1v) is 11.9. The van der Waals surface area contributed by atoms with Crippen LogP contribution in [0.2, 0.25) is 0 Å². The summed E-state index contributed by atoms with van der Waals surface area (Å²) < 4.78 is 38.7. The summed E-state index contributed by atoms with van der Waals surface area (Å²) in [6.45, 7) is 3.99. The smallest absolute Gasteiger partial charge is 0.405 e. The molecule has 0 fully saturated rings. The Kier molecular flexibility index (Phi) is 8.75. The molecule has 0 aliphatic carbocycles. The third-order valence-corrected chi connectivity index (χ3v) is 5.72. The fraction of sp³-hybridized carbons (Fsp3) is 0.250. The zero-order chi connectivity index (χ0) is 26.3. The molecule has 12 heteroatoms. The third-order valence-electron chi connectivity index (χ3n) is 4.70. The van der Waals surface area contributed by atoms with Gasteiger partial charge in [-0.05, 0) is 49.2 Å². The van der Waals surface area contributed by atoms with Crippen LogP contribution in [-0.2, 0) is 4.79 Å². The number of anilines is 1. The average molecular weight is 519 g/mol. The Bertz CT molecular complexity index is 1310. The van der Waals surface area contributed by atoms with Crippen LogP contribution in [0, 0.1) is 0 Å². The lowest BCUT2D eigenvalue weighted by atomic mass is 10.2. The van der Waals surface area contributed by atoms with Gasteiger partial charge in [0.1, 0.15) is 18.4 Å². The molecule has 0 spiro atoms. The van der Waals surface area contributed by atoms with E-state index in [-0.39, 0.29) is 17.5 Å². The first-order valence-electron chi connectivity index (χ1n) is 11.1. The largest absolute Gasteiger partial charge is 0.493 e. The Morgan fingerprint density at radius 3 is 2.50 bits per heavy atom. The maximum Gasteiger partial charge on any atom is 0.405 e. The lowest BCUT2D eigenvalue weighted by molar-refractivity contribution is -0.138. The summed E-state index contributed by atoms with van der Waals surface area (Å²) >= 11 is 1.27. The molecule has 1 atom stereocenters. The summed E-state index contributed by atoms with van der Waals surface area (Å²) in [5, 5.41) is 16.3. The molecule has 0 radical (unpaired) electrons. The predicted octanol–water partition coefficient (Wildman–Crippen LogP) is 5.26. The number of alkyl halides is 3. The Hall–Kier alpha value is -3.80. The van der Waals surface area contributed by atoms with Crippen molar-refractivity contribution in [1.29, 1.82) is 0 Å². The Morgan fingerprint density at radius 1 is 1.08 bits per heavy atom. The molecule has 3 N–H and O–H groups in total. The van der Waals surface area contributed by atoms with E-state index in [0.29, 0.717) is 16.6 Å². The highest BCUT2D eigenvalue weighted by Crippen LogP contribution is 2.41. The van der Waals surface area contributed by atoms with Gasteiger partial charge in [-0.15, -0.1) is 0 Å². The molecule has 1 amide bonds. The number of amides is 1. The molecule has 4 aromatic rings. The molecule has 1 aromatic carbocycles. The number of carbonyl (C=O) groups excluding carboxylic acids is 1. The van der Waals surface area contributed by atoms with Crippen LogP contribution in [0.1, 0.15) is 20.8 Å². The molecule has 1 unspecified atom stereocenters. The minimum atomic E-state index is -4.50. The number of pyridine rings is 1. The van der Waals surface area contributed by atoms with Crippen molar-refractivity contribution in [2.45, 2.75) is 37.9 Å². The Labute approximate surface area is 210 Å². The SMILES string of the molecule is CC.CC(Nc1ccnc(-c2c(O)n(Sc3ccccc3)c3ncccc23)n1)C(=O)NCC(F)(F)F. The summed E-state index contributed by atoms with van der Waals surface area (Å²) in [6, 6.07) is 13.4. The van der Waals surface area contributed by atoms with Crippen molar-refractivity contribution in [2.24, 2.45) is 0 Å². The molecule has 4 rings (SSSR count). The van der Waals surface area contributed by atoms with Gasteiger partial charge in [0, 0.05) is 22.7 Å². The molecule has 190 valence electrons. The highest BCUT2D eigenvalue weighted by atomic mass is 32.2. The quantitative estimate of drug-likeness (QED) is 0.307. The van der Waals surface area contributed by atoms with Crippen molar-refractivity contribution >= 4 is 34.7 Å². The van der Waals surface area contributed by atoms with Gasteiger partial charge in [-0.1, -0.05) is 32.0 Å². The number of aromatic hydroxyl groups is 1. The second kappa shape index (κ2) is 11.8. The Balaban J connectivity index is 0.00000176. The van der Waals surface area contributed by atoms with Gasteiger partial charge in [0.2, 0.25) is 11.8 Å². The molecule has 3 heterocycles. The van der Waals surface area contributed by atoms with Crippen LogP contribution in [0.4, 0.5) is 19.0 Å². The minimum Gasteiger partial charge on any atom is -0.493 e. The van der Waals surface area contributed by atoms with Gasteiger partial charge >= 0.3 is 6.18 Å².